The molecular formula is C16H17BrFN. The standard InChI is InChI=1S/C16H17BrFN/c1-3-19-16(12-5-4-6-14(18)9-12)13-8-7-11(2)15(17)10-13/h4-10,16,19H,3H2,1-2H3. The summed E-state index contributed by atoms with van der Waals surface area (Å²) in [6.45, 7) is 4.93. The first-order chi connectivity index (χ1) is 9.11. The van der Waals surface area contributed by atoms with Crippen molar-refractivity contribution in [1.82, 2.24) is 5.32 Å². The summed E-state index contributed by atoms with van der Waals surface area (Å²) in [7, 11) is 0. The summed E-state index contributed by atoms with van der Waals surface area (Å²) < 4.78 is 14.5. The van der Waals surface area contributed by atoms with E-state index in [4.69, 9.17) is 0 Å². The molecule has 1 nitrogen and oxygen atoms in total. The SMILES string of the molecule is CCNC(c1cccc(F)c1)c1ccc(C)c(Br)c1. The van der Waals surface area contributed by atoms with Crippen molar-refractivity contribution in [2.24, 2.45) is 0 Å². The van der Waals surface area contributed by atoms with Gasteiger partial charge in [0, 0.05) is 4.47 Å². The number of nitrogens with one attached hydrogen (secondary N) is 1. The predicted octanol–water partition coefficient (Wildman–Crippen LogP) is 4.60. The van der Waals surface area contributed by atoms with E-state index in [1.54, 1.807) is 12.1 Å². The van der Waals surface area contributed by atoms with Gasteiger partial charge in [-0.3, -0.25) is 0 Å². The van der Waals surface area contributed by atoms with Gasteiger partial charge >= 0.3 is 0 Å². The first kappa shape index (κ1) is 14.2. The van der Waals surface area contributed by atoms with Crippen LogP contribution in [-0.2, 0) is 0 Å². The zero-order valence-electron chi connectivity index (χ0n) is 11.1. The Morgan fingerprint density at radius 1 is 1.16 bits per heavy atom. The monoisotopic (exact) mass is 321 g/mol. The zero-order valence-corrected chi connectivity index (χ0v) is 12.7. The lowest BCUT2D eigenvalue weighted by atomic mass is 9.97. The molecule has 0 aliphatic heterocycles. The molecule has 0 heterocycles. The van der Waals surface area contributed by atoms with E-state index >= 15 is 0 Å². The minimum absolute atomic E-state index is 0.0117. The molecule has 0 aliphatic carbocycles. The highest BCUT2D eigenvalue weighted by molar-refractivity contribution is 9.10. The fourth-order valence-electron chi connectivity index (χ4n) is 2.11. The van der Waals surface area contributed by atoms with Crippen LogP contribution >= 0.6 is 15.9 Å². The molecule has 0 saturated carbocycles. The van der Waals surface area contributed by atoms with Gasteiger partial charge in [-0.05, 0) is 48.4 Å². The van der Waals surface area contributed by atoms with E-state index < -0.39 is 0 Å². The van der Waals surface area contributed by atoms with Gasteiger partial charge in [-0.25, -0.2) is 4.39 Å². The van der Waals surface area contributed by atoms with Crippen LogP contribution in [0, 0.1) is 12.7 Å². The van der Waals surface area contributed by atoms with Crippen molar-refractivity contribution < 1.29 is 4.39 Å². The van der Waals surface area contributed by atoms with E-state index in [1.807, 2.05) is 6.07 Å². The summed E-state index contributed by atoms with van der Waals surface area (Å²) in [4.78, 5) is 0. The van der Waals surface area contributed by atoms with E-state index in [9.17, 15) is 4.39 Å². The maximum Gasteiger partial charge on any atom is 0.123 e. The summed E-state index contributed by atoms with van der Waals surface area (Å²) >= 11 is 3.55. The molecule has 0 aliphatic rings. The van der Waals surface area contributed by atoms with Gasteiger partial charge < -0.3 is 5.32 Å². The molecule has 2 aromatic carbocycles. The Balaban J connectivity index is 2.42. The number of hydrogen-bond donors (Lipinski definition) is 1. The molecule has 0 spiro atoms. The van der Waals surface area contributed by atoms with Crippen molar-refractivity contribution >= 4 is 15.9 Å². The Hall–Kier alpha value is -1.19. The third-order valence-corrected chi connectivity index (χ3v) is 3.97. The lowest BCUT2D eigenvalue weighted by molar-refractivity contribution is 0.603. The van der Waals surface area contributed by atoms with Crippen LogP contribution in [0.15, 0.2) is 46.9 Å². The molecule has 0 amide bonds. The minimum atomic E-state index is -0.202. The quantitative estimate of drug-likeness (QED) is 0.868. The highest BCUT2D eigenvalue weighted by Gasteiger charge is 2.14. The van der Waals surface area contributed by atoms with E-state index in [1.165, 1.54) is 11.6 Å². The van der Waals surface area contributed by atoms with Crippen LogP contribution in [0.5, 0.6) is 0 Å². The average molecular weight is 322 g/mol. The van der Waals surface area contributed by atoms with Crippen LogP contribution in [0.1, 0.15) is 29.7 Å². The molecule has 1 unspecified atom stereocenters. The fraction of sp³-hybridized carbons (Fsp3) is 0.250. The van der Waals surface area contributed by atoms with Gasteiger partial charge in [0.1, 0.15) is 5.82 Å². The molecule has 0 saturated heterocycles. The smallest absolute Gasteiger partial charge is 0.123 e. The van der Waals surface area contributed by atoms with Gasteiger partial charge in [0.05, 0.1) is 6.04 Å². The van der Waals surface area contributed by atoms with Crippen LogP contribution in [-0.4, -0.2) is 6.54 Å². The molecule has 19 heavy (non-hydrogen) atoms. The highest BCUT2D eigenvalue weighted by atomic mass is 79.9. The van der Waals surface area contributed by atoms with Gasteiger partial charge in [0.15, 0.2) is 0 Å². The van der Waals surface area contributed by atoms with Crippen molar-refractivity contribution in [2.45, 2.75) is 19.9 Å². The Labute approximate surface area is 122 Å². The molecule has 2 rings (SSSR count). The van der Waals surface area contributed by atoms with Gasteiger partial charge in [0.2, 0.25) is 0 Å². The van der Waals surface area contributed by atoms with Crippen LogP contribution in [0.25, 0.3) is 0 Å². The average Bonchev–Trinajstić information content (AvgIpc) is 2.39. The third kappa shape index (κ3) is 3.43. The lowest BCUT2D eigenvalue weighted by Gasteiger charge is -2.19. The molecule has 0 aromatic heterocycles. The summed E-state index contributed by atoms with van der Waals surface area (Å²) in [5, 5.41) is 3.40. The van der Waals surface area contributed by atoms with Gasteiger partial charge in [0.25, 0.3) is 0 Å². The van der Waals surface area contributed by atoms with E-state index in [2.05, 4.69) is 53.3 Å². The normalized spacial score (nSPS) is 12.4. The fourth-order valence-corrected chi connectivity index (χ4v) is 2.50. The second kappa shape index (κ2) is 6.31. The number of halogens is 2. The Kier molecular flexibility index (Phi) is 4.72. The maximum absolute atomic E-state index is 13.4. The zero-order chi connectivity index (χ0) is 13.8. The molecule has 3 heteroatoms. The summed E-state index contributed by atoms with van der Waals surface area (Å²) in [6.07, 6.45) is 0. The highest BCUT2D eigenvalue weighted by Crippen LogP contribution is 2.26. The molecule has 1 N–H and O–H groups in total. The molecule has 0 fully saturated rings. The predicted molar refractivity (Wildman–Crippen MR) is 80.8 cm³/mol. The first-order valence-corrected chi connectivity index (χ1v) is 7.16. The van der Waals surface area contributed by atoms with Crippen LogP contribution in [0.3, 0.4) is 0 Å². The van der Waals surface area contributed by atoms with Crippen molar-refractivity contribution in [3.05, 3.63) is 69.4 Å². The largest absolute Gasteiger partial charge is 0.307 e. The molecule has 0 bridgehead atoms. The molecular weight excluding hydrogens is 305 g/mol. The van der Waals surface area contributed by atoms with Crippen LogP contribution < -0.4 is 5.32 Å². The number of aryl methyl sites for hydroxylation is 1. The van der Waals surface area contributed by atoms with Crippen LogP contribution in [0.2, 0.25) is 0 Å². The van der Waals surface area contributed by atoms with Crippen molar-refractivity contribution in [1.29, 1.82) is 0 Å². The third-order valence-electron chi connectivity index (χ3n) is 3.12. The number of rotatable bonds is 4. The van der Waals surface area contributed by atoms with Crippen molar-refractivity contribution in [3.63, 3.8) is 0 Å². The van der Waals surface area contributed by atoms with Crippen molar-refractivity contribution in [3.8, 4) is 0 Å². The van der Waals surface area contributed by atoms with Crippen molar-refractivity contribution in [2.75, 3.05) is 6.54 Å². The second-order valence-electron chi connectivity index (χ2n) is 4.55. The second-order valence-corrected chi connectivity index (χ2v) is 5.41. The van der Waals surface area contributed by atoms with Crippen LogP contribution in [0.4, 0.5) is 4.39 Å². The van der Waals surface area contributed by atoms with E-state index in [0.29, 0.717) is 0 Å². The summed E-state index contributed by atoms with van der Waals surface area (Å²) in [5.41, 5.74) is 3.26. The van der Waals surface area contributed by atoms with Gasteiger partial charge in [-0.1, -0.05) is 47.1 Å². The molecule has 1 atom stereocenters. The van der Waals surface area contributed by atoms with Gasteiger partial charge in [-0.15, -0.1) is 0 Å². The summed E-state index contributed by atoms with van der Waals surface area (Å²) in [6, 6.07) is 13.0. The Morgan fingerprint density at radius 3 is 2.53 bits per heavy atom. The number of benzene rings is 2. The molecule has 0 radical (unpaired) electrons. The Bertz CT molecular complexity index is 568. The first-order valence-electron chi connectivity index (χ1n) is 6.36. The maximum atomic E-state index is 13.4. The molecule has 100 valence electrons. The summed E-state index contributed by atoms with van der Waals surface area (Å²) in [5.74, 6) is -0.202. The van der Waals surface area contributed by atoms with E-state index in [0.717, 1.165) is 22.1 Å². The molecule has 2 aromatic rings. The minimum Gasteiger partial charge on any atom is -0.307 e. The number of hydrogen-bond acceptors (Lipinski definition) is 1. The topological polar surface area (TPSA) is 12.0 Å². The van der Waals surface area contributed by atoms with Gasteiger partial charge in [-0.2, -0.15) is 0 Å². The lowest BCUT2D eigenvalue weighted by Crippen LogP contribution is -2.22. The Morgan fingerprint density at radius 2 is 1.89 bits per heavy atom. The van der Waals surface area contributed by atoms with E-state index in [-0.39, 0.29) is 11.9 Å².